The third kappa shape index (κ3) is 5.51. The number of rotatable bonds is 8. The number of sulfonamides is 1. The van der Waals surface area contributed by atoms with Crippen molar-refractivity contribution in [3.8, 4) is 0 Å². The van der Waals surface area contributed by atoms with Gasteiger partial charge in [0.25, 0.3) is 0 Å². The van der Waals surface area contributed by atoms with Gasteiger partial charge in [-0.05, 0) is 50.5 Å². The van der Waals surface area contributed by atoms with Crippen LogP contribution in [0.3, 0.4) is 0 Å². The molecule has 0 aromatic heterocycles. The summed E-state index contributed by atoms with van der Waals surface area (Å²) in [5, 5.41) is 2.88. The van der Waals surface area contributed by atoms with Gasteiger partial charge in [0.15, 0.2) is 0 Å². The summed E-state index contributed by atoms with van der Waals surface area (Å²) in [5.74, 6) is -0.776. The van der Waals surface area contributed by atoms with Crippen LogP contribution in [0.1, 0.15) is 58.8 Å². The first kappa shape index (κ1) is 20.8. The quantitative estimate of drug-likeness (QED) is 0.746. The SMILES string of the molecule is CCCC(C)NC(=O)CN(C1CCCCC1)S(=O)(=O)c1ccc(F)cc1. The maximum absolute atomic E-state index is 13.2. The number of carbonyl (C=O) groups excluding carboxylic acids is 1. The van der Waals surface area contributed by atoms with E-state index in [4.69, 9.17) is 0 Å². The lowest BCUT2D eigenvalue weighted by molar-refractivity contribution is -0.122. The summed E-state index contributed by atoms with van der Waals surface area (Å²) in [4.78, 5) is 12.5. The van der Waals surface area contributed by atoms with Crippen molar-refractivity contribution < 1.29 is 17.6 Å². The van der Waals surface area contributed by atoms with E-state index in [0.29, 0.717) is 0 Å². The second kappa shape index (κ2) is 9.46. The Morgan fingerprint density at radius 3 is 2.42 bits per heavy atom. The molecule has 146 valence electrons. The minimum absolute atomic E-state index is 0.00855. The molecule has 0 aliphatic heterocycles. The first-order valence-corrected chi connectivity index (χ1v) is 10.9. The summed E-state index contributed by atoms with van der Waals surface area (Å²) in [5.41, 5.74) is 0. The topological polar surface area (TPSA) is 66.5 Å². The summed E-state index contributed by atoms with van der Waals surface area (Å²) in [6, 6.07) is 4.61. The van der Waals surface area contributed by atoms with Gasteiger partial charge in [0.05, 0.1) is 11.4 Å². The van der Waals surface area contributed by atoms with E-state index < -0.39 is 15.8 Å². The van der Waals surface area contributed by atoms with Crippen molar-refractivity contribution in [2.24, 2.45) is 0 Å². The molecule has 0 spiro atoms. The van der Waals surface area contributed by atoms with Gasteiger partial charge in [0, 0.05) is 12.1 Å². The Hall–Kier alpha value is -1.47. The maximum atomic E-state index is 13.2. The summed E-state index contributed by atoms with van der Waals surface area (Å²) >= 11 is 0. The number of hydrogen-bond donors (Lipinski definition) is 1. The van der Waals surface area contributed by atoms with E-state index in [9.17, 15) is 17.6 Å². The first-order valence-electron chi connectivity index (χ1n) is 9.41. The van der Waals surface area contributed by atoms with Gasteiger partial charge in [-0.2, -0.15) is 4.31 Å². The fraction of sp³-hybridized carbons (Fsp3) is 0.632. The zero-order valence-electron chi connectivity index (χ0n) is 15.6. The van der Waals surface area contributed by atoms with Gasteiger partial charge in [0.2, 0.25) is 15.9 Å². The highest BCUT2D eigenvalue weighted by molar-refractivity contribution is 7.89. The predicted octanol–water partition coefficient (Wildman–Crippen LogP) is 3.45. The van der Waals surface area contributed by atoms with E-state index in [0.717, 1.165) is 57.1 Å². The largest absolute Gasteiger partial charge is 0.353 e. The summed E-state index contributed by atoms with van der Waals surface area (Å²) in [6.07, 6.45) is 6.28. The molecule has 1 aliphatic carbocycles. The fourth-order valence-corrected chi connectivity index (χ4v) is 5.13. The van der Waals surface area contributed by atoms with Crippen LogP contribution < -0.4 is 5.32 Å². The Morgan fingerprint density at radius 2 is 1.85 bits per heavy atom. The molecule has 1 atom stereocenters. The van der Waals surface area contributed by atoms with Crippen LogP contribution in [0.2, 0.25) is 0 Å². The van der Waals surface area contributed by atoms with Gasteiger partial charge >= 0.3 is 0 Å². The van der Waals surface area contributed by atoms with E-state index in [-0.39, 0.29) is 29.4 Å². The van der Waals surface area contributed by atoms with Crippen molar-refractivity contribution in [3.63, 3.8) is 0 Å². The monoisotopic (exact) mass is 384 g/mol. The molecular formula is C19H29FN2O3S. The number of hydrogen-bond acceptors (Lipinski definition) is 3. The minimum atomic E-state index is -3.85. The average molecular weight is 385 g/mol. The maximum Gasteiger partial charge on any atom is 0.243 e. The Labute approximate surface area is 156 Å². The smallest absolute Gasteiger partial charge is 0.243 e. The highest BCUT2D eigenvalue weighted by atomic mass is 32.2. The Morgan fingerprint density at radius 1 is 1.23 bits per heavy atom. The third-order valence-electron chi connectivity index (χ3n) is 4.83. The molecule has 1 unspecified atom stereocenters. The molecule has 1 aromatic rings. The van der Waals surface area contributed by atoms with Crippen LogP contribution in [0.15, 0.2) is 29.2 Å². The second-order valence-electron chi connectivity index (χ2n) is 7.05. The van der Waals surface area contributed by atoms with E-state index in [1.54, 1.807) is 0 Å². The summed E-state index contributed by atoms with van der Waals surface area (Å²) in [6.45, 7) is 3.76. The van der Waals surface area contributed by atoms with Crippen LogP contribution in [-0.4, -0.2) is 37.3 Å². The molecule has 5 nitrogen and oxygen atoms in total. The minimum Gasteiger partial charge on any atom is -0.353 e. The Kier molecular flexibility index (Phi) is 7.58. The molecule has 0 heterocycles. The van der Waals surface area contributed by atoms with Crippen LogP contribution in [0, 0.1) is 5.82 Å². The Balaban J connectivity index is 2.22. The van der Waals surface area contributed by atoms with E-state index in [1.165, 1.54) is 16.4 Å². The van der Waals surface area contributed by atoms with E-state index in [1.807, 2.05) is 13.8 Å². The molecule has 2 rings (SSSR count). The molecule has 1 N–H and O–H groups in total. The molecule has 1 aromatic carbocycles. The van der Waals surface area contributed by atoms with Gasteiger partial charge in [-0.1, -0.05) is 32.6 Å². The molecule has 1 saturated carbocycles. The number of nitrogens with zero attached hydrogens (tertiary/aromatic N) is 1. The molecule has 1 fully saturated rings. The third-order valence-corrected chi connectivity index (χ3v) is 6.74. The summed E-state index contributed by atoms with van der Waals surface area (Å²) < 4.78 is 40.7. The Bertz CT molecular complexity index is 685. The van der Waals surface area contributed by atoms with Crippen molar-refractivity contribution in [2.75, 3.05) is 6.54 Å². The van der Waals surface area contributed by atoms with Crippen molar-refractivity contribution in [2.45, 2.75) is 75.8 Å². The predicted molar refractivity (Wildman–Crippen MR) is 99.7 cm³/mol. The summed E-state index contributed by atoms with van der Waals surface area (Å²) in [7, 11) is -3.85. The normalized spacial score (nSPS) is 17.2. The lowest BCUT2D eigenvalue weighted by Crippen LogP contribution is -2.48. The van der Waals surface area contributed by atoms with Crippen LogP contribution >= 0.6 is 0 Å². The van der Waals surface area contributed by atoms with Gasteiger partial charge in [-0.3, -0.25) is 4.79 Å². The molecule has 0 saturated heterocycles. The van der Waals surface area contributed by atoms with Crippen LogP contribution in [0.4, 0.5) is 4.39 Å². The van der Waals surface area contributed by atoms with Crippen molar-refractivity contribution >= 4 is 15.9 Å². The van der Waals surface area contributed by atoms with Gasteiger partial charge in [0.1, 0.15) is 5.82 Å². The van der Waals surface area contributed by atoms with Gasteiger partial charge in [-0.25, -0.2) is 12.8 Å². The number of halogens is 1. The van der Waals surface area contributed by atoms with Crippen molar-refractivity contribution in [1.29, 1.82) is 0 Å². The lowest BCUT2D eigenvalue weighted by atomic mass is 9.95. The first-order chi connectivity index (χ1) is 12.3. The second-order valence-corrected chi connectivity index (χ2v) is 8.94. The zero-order valence-corrected chi connectivity index (χ0v) is 16.4. The highest BCUT2D eigenvalue weighted by Crippen LogP contribution is 2.27. The van der Waals surface area contributed by atoms with Crippen LogP contribution in [-0.2, 0) is 14.8 Å². The molecule has 26 heavy (non-hydrogen) atoms. The van der Waals surface area contributed by atoms with E-state index >= 15 is 0 Å². The lowest BCUT2D eigenvalue weighted by Gasteiger charge is -2.33. The molecular weight excluding hydrogens is 355 g/mol. The molecule has 7 heteroatoms. The zero-order chi connectivity index (χ0) is 19.2. The number of amides is 1. The van der Waals surface area contributed by atoms with Crippen LogP contribution in [0.5, 0.6) is 0 Å². The van der Waals surface area contributed by atoms with Gasteiger partial charge in [-0.15, -0.1) is 0 Å². The molecule has 1 amide bonds. The van der Waals surface area contributed by atoms with Gasteiger partial charge < -0.3 is 5.32 Å². The molecule has 0 radical (unpaired) electrons. The fourth-order valence-electron chi connectivity index (χ4n) is 3.49. The highest BCUT2D eigenvalue weighted by Gasteiger charge is 2.34. The van der Waals surface area contributed by atoms with Crippen molar-refractivity contribution in [3.05, 3.63) is 30.1 Å². The average Bonchev–Trinajstić information content (AvgIpc) is 2.61. The van der Waals surface area contributed by atoms with E-state index in [2.05, 4.69) is 5.32 Å². The number of benzene rings is 1. The molecule has 1 aliphatic rings. The van der Waals surface area contributed by atoms with Crippen LogP contribution in [0.25, 0.3) is 0 Å². The standard InChI is InChI=1S/C19H29FN2O3S/c1-3-7-15(2)21-19(23)14-22(17-8-5-4-6-9-17)26(24,25)18-12-10-16(20)11-13-18/h10-13,15,17H,3-9,14H2,1-2H3,(H,21,23). The molecule has 0 bridgehead atoms. The van der Waals surface area contributed by atoms with Crippen molar-refractivity contribution in [1.82, 2.24) is 9.62 Å². The number of nitrogens with one attached hydrogen (secondary N) is 1. The number of carbonyl (C=O) groups is 1.